The summed E-state index contributed by atoms with van der Waals surface area (Å²) in [4.78, 5) is 21.6. The van der Waals surface area contributed by atoms with Gasteiger partial charge in [0, 0.05) is 24.9 Å². The van der Waals surface area contributed by atoms with Gasteiger partial charge in [0.15, 0.2) is 0 Å². The molecule has 0 aliphatic heterocycles. The van der Waals surface area contributed by atoms with E-state index in [0.29, 0.717) is 24.0 Å². The zero-order chi connectivity index (χ0) is 17.6. The number of hydrogen-bond acceptors (Lipinski definition) is 6. The summed E-state index contributed by atoms with van der Waals surface area (Å²) in [6, 6.07) is 12.4. The Morgan fingerprint density at radius 2 is 1.92 bits per heavy atom. The molecule has 0 saturated carbocycles. The molecule has 0 fully saturated rings. The van der Waals surface area contributed by atoms with Crippen LogP contribution in [0.5, 0.6) is 17.4 Å². The molecular weight excluding hydrogens is 344 g/mol. The minimum absolute atomic E-state index is 0.223. The second-order valence-electron chi connectivity index (χ2n) is 5.05. The highest BCUT2D eigenvalue weighted by atomic mass is 35.5. The van der Waals surface area contributed by atoms with Crippen molar-refractivity contribution in [2.24, 2.45) is 0 Å². The van der Waals surface area contributed by atoms with Gasteiger partial charge in [0.05, 0.1) is 7.11 Å². The van der Waals surface area contributed by atoms with Crippen LogP contribution in [0.15, 0.2) is 53.5 Å². The maximum atomic E-state index is 11.3. The van der Waals surface area contributed by atoms with Crippen LogP contribution in [0.4, 0.5) is 5.82 Å². The summed E-state index contributed by atoms with van der Waals surface area (Å²) in [7, 11) is 1.61. The summed E-state index contributed by atoms with van der Waals surface area (Å²) in [5.74, 6) is 2.26. The summed E-state index contributed by atoms with van der Waals surface area (Å²) >= 11 is 5.79. The van der Waals surface area contributed by atoms with Crippen LogP contribution in [-0.4, -0.2) is 22.1 Å². The zero-order valence-electron chi connectivity index (χ0n) is 13.3. The molecule has 8 heteroatoms. The second kappa shape index (κ2) is 7.67. The molecule has 0 aliphatic carbocycles. The molecule has 0 aliphatic rings. The maximum absolute atomic E-state index is 11.3. The van der Waals surface area contributed by atoms with Gasteiger partial charge in [0.2, 0.25) is 5.88 Å². The van der Waals surface area contributed by atoms with E-state index in [0.717, 1.165) is 11.3 Å². The first-order chi connectivity index (χ1) is 12.1. The SMILES string of the molecule is COc1ccc(Oc2cc(CNc3cc(Cl)[nH]c(=O)n3)ccn2)cc1. The Hall–Kier alpha value is -3.06. The van der Waals surface area contributed by atoms with E-state index in [1.54, 1.807) is 37.6 Å². The fourth-order valence-corrected chi connectivity index (χ4v) is 2.28. The lowest BCUT2D eigenvalue weighted by atomic mass is 10.2. The number of rotatable bonds is 6. The van der Waals surface area contributed by atoms with Crippen molar-refractivity contribution in [1.82, 2.24) is 15.0 Å². The lowest BCUT2D eigenvalue weighted by Crippen LogP contribution is -2.13. The lowest BCUT2D eigenvalue weighted by Gasteiger charge is -2.08. The van der Waals surface area contributed by atoms with Crippen LogP contribution in [-0.2, 0) is 6.54 Å². The minimum atomic E-state index is -0.506. The van der Waals surface area contributed by atoms with Gasteiger partial charge in [-0.3, -0.25) is 4.98 Å². The van der Waals surface area contributed by atoms with Crippen LogP contribution in [0.3, 0.4) is 0 Å². The van der Waals surface area contributed by atoms with Gasteiger partial charge in [-0.2, -0.15) is 4.98 Å². The monoisotopic (exact) mass is 358 g/mol. The number of benzene rings is 1. The van der Waals surface area contributed by atoms with Gasteiger partial charge in [0.25, 0.3) is 0 Å². The fraction of sp³-hybridized carbons (Fsp3) is 0.118. The summed E-state index contributed by atoms with van der Waals surface area (Å²) in [5, 5.41) is 3.26. The first-order valence-corrected chi connectivity index (χ1v) is 7.78. The van der Waals surface area contributed by atoms with Crippen LogP contribution < -0.4 is 20.5 Å². The molecule has 0 radical (unpaired) electrons. The van der Waals surface area contributed by atoms with Crippen molar-refractivity contribution in [3.05, 3.63) is 69.9 Å². The standard InChI is InChI=1S/C17H15ClN4O3/c1-24-12-2-4-13(5-3-12)25-16-8-11(6-7-19-16)10-20-15-9-14(18)21-17(23)22-15/h2-9H,10H2,1H3,(H2,20,21,22,23). The quantitative estimate of drug-likeness (QED) is 0.657. The first-order valence-electron chi connectivity index (χ1n) is 7.40. The van der Waals surface area contributed by atoms with Crippen molar-refractivity contribution < 1.29 is 9.47 Å². The molecule has 2 aromatic heterocycles. The molecule has 2 heterocycles. The molecule has 3 rings (SSSR count). The average molecular weight is 359 g/mol. The van der Waals surface area contributed by atoms with Crippen LogP contribution in [0.25, 0.3) is 0 Å². The molecule has 0 spiro atoms. The van der Waals surface area contributed by atoms with Crippen LogP contribution in [0.2, 0.25) is 5.15 Å². The Bertz CT molecular complexity index is 912. The molecule has 1 aromatic carbocycles. The van der Waals surface area contributed by atoms with Crippen molar-refractivity contribution in [3.63, 3.8) is 0 Å². The average Bonchev–Trinajstić information content (AvgIpc) is 2.60. The van der Waals surface area contributed by atoms with Gasteiger partial charge in [0.1, 0.15) is 22.5 Å². The number of methoxy groups -OCH3 is 1. The maximum Gasteiger partial charge on any atom is 0.347 e. The normalized spacial score (nSPS) is 10.3. The molecule has 128 valence electrons. The number of aromatic amines is 1. The fourth-order valence-electron chi connectivity index (χ4n) is 2.09. The third kappa shape index (κ3) is 4.71. The molecule has 2 N–H and O–H groups in total. The predicted molar refractivity (Wildman–Crippen MR) is 94.5 cm³/mol. The van der Waals surface area contributed by atoms with E-state index in [1.807, 2.05) is 18.2 Å². The second-order valence-corrected chi connectivity index (χ2v) is 5.46. The van der Waals surface area contributed by atoms with Gasteiger partial charge in [-0.05, 0) is 35.9 Å². The molecule has 0 amide bonds. The van der Waals surface area contributed by atoms with Crippen LogP contribution in [0, 0.1) is 0 Å². The molecule has 0 saturated heterocycles. The summed E-state index contributed by atoms with van der Waals surface area (Å²) < 4.78 is 10.8. The number of anilines is 1. The molecular formula is C17H15ClN4O3. The highest BCUT2D eigenvalue weighted by molar-refractivity contribution is 6.29. The molecule has 3 aromatic rings. The Morgan fingerprint density at radius 3 is 2.64 bits per heavy atom. The van der Waals surface area contributed by atoms with E-state index in [4.69, 9.17) is 21.1 Å². The summed E-state index contributed by atoms with van der Waals surface area (Å²) in [6.07, 6.45) is 1.65. The Morgan fingerprint density at radius 1 is 1.16 bits per heavy atom. The minimum Gasteiger partial charge on any atom is -0.497 e. The number of H-pyrrole nitrogens is 1. The van der Waals surface area contributed by atoms with E-state index in [1.165, 1.54) is 0 Å². The van der Waals surface area contributed by atoms with Crippen molar-refractivity contribution >= 4 is 17.4 Å². The van der Waals surface area contributed by atoms with Crippen LogP contribution >= 0.6 is 11.6 Å². The lowest BCUT2D eigenvalue weighted by molar-refractivity contribution is 0.412. The molecule has 7 nitrogen and oxygen atoms in total. The van der Waals surface area contributed by atoms with Crippen LogP contribution in [0.1, 0.15) is 5.56 Å². The van der Waals surface area contributed by atoms with Gasteiger partial charge in [-0.15, -0.1) is 0 Å². The number of halogens is 1. The van der Waals surface area contributed by atoms with E-state index >= 15 is 0 Å². The third-order valence-corrected chi connectivity index (χ3v) is 3.47. The van der Waals surface area contributed by atoms with Crippen molar-refractivity contribution in [2.45, 2.75) is 6.54 Å². The van der Waals surface area contributed by atoms with Gasteiger partial charge < -0.3 is 14.8 Å². The molecule has 25 heavy (non-hydrogen) atoms. The smallest absolute Gasteiger partial charge is 0.347 e. The summed E-state index contributed by atoms with van der Waals surface area (Å²) in [5.41, 5.74) is 0.407. The van der Waals surface area contributed by atoms with Gasteiger partial charge in [-0.1, -0.05) is 11.6 Å². The molecule has 0 bridgehead atoms. The topological polar surface area (TPSA) is 89.1 Å². The van der Waals surface area contributed by atoms with Crippen molar-refractivity contribution in [2.75, 3.05) is 12.4 Å². The predicted octanol–water partition coefficient (Wildman–Crippen LogP) is 3.23. The largest absolute Gasteiger partial charge is 0.497 e. The number of aromatic nitrogens is 3. The van der Waals surface area contributed by atoms with Gasteiger partial charge in [-0.25, -0.2) is 9.78 Å². The molecule has 0 atom stereocenters. The Balaban J connectivity index is 1.67. The van der Waals surface area contributed by atoms with E-state index in [9.17, 15) is 4.79 Å². The number of ether oxygens (including phenoxy) is 2. The first kappa shape index (κ1) is 16.8. The summed E-state index contributed by atoms with van der Waals surface area (Å²) in [6.45, 7) is 0.439. The van der Waals surface area contributed by atoms with Crippen molar-refractivity contribution in [1.29, 1.82) is 0 Å². The highest BCUT2D eigenvalue weighted by Gasteiger charge is 2.03. The number of nitrogens with zero attached hydrogens (tertiary/aromatic N) is 2. The third-order valence-electron chi connectivity index (χ3n) is 3.27. The Kier molecular flexibility index (Phi) is 5.15. The zero-order valence-corrected chi connectivity index (χ0v) is 14.1. The molecule has 0 unspecified atom stereocenters. The highest BCUT2D eigenvalue weighted by Crippen LogP contribution is 2.23. The number of pyridine rings is 1. The van der Waals surface area contributed by atoms with E-state index in [-0.39, 0.29) is 5.15 Å². The number of nitrogens with one attached hydrogen (secondary N) is 2. The van der Waals surface area contributed by atoms with Crippen molar-refractivity contribution in [3.8, 4) is 17.4 Å². The van der Waals surface area contributed by atoms with E-state index < -0.39 is 5.69 Å². The number of hydrogen-bond donors (Lipinski definition) is 2. The van der Waals surface area contributed by atoms with Gasteiger partial charge >= 0.3 is 5.69 Å². The van der Waals surface area contributed by atoms with E-state index in [2.05, 4.69) is 20.3 Å². The Labute approximate surface area is 148 Å².